The molecular formula is C16H16N2OS. The lowest BCUT2D eigenvalue weighted by atomic mass is 10.1. The molecule has 1 N–H and O–H groups in total. The second kappa shape index (κ2) is 5.51. The number of aromatic amines is 1. The maximum Gasteiger partial charge on any atom is 0.254 e. The van der Waals surface area contributed by atoms with E-state index in [4.69, 9.17) is 0 Å². The van der Waals surface area contributed by atoms with E-state index in [2.05, 4.69) is 11.1 Å². The van der Waals surface area contributed by atoms with Crippen LogP contribution < -0.4 is 0 Å². The molecule has 102 valence electrons. The van der Waals surface area contributed by atoms with Gasteiger partial charge in [-0.2, -0.15) is 0 Å². The largest absolute Gasteiger partial charge is 0.361 e. The quantitative estimate of drug-likeness (QED) is 0.775. The Hall–Kier alpha value is -2.07. The topological polar surface area (TPSA) is 36.1 Å². The first-order chi connectivity index (χ1) is 9.78. The summed E-state index contributed by atoms with van der Waals surface area (Å²) in [6.45, 7) is 3.40. The molecule has 0 saturated heterocycles. The highest BCUT2D eigenvalue weighted by atomic mass is 32.1. The van der Waals surface area contributed by atoms with Crippen molar-refractivity contribution in [2.24, 2.45) is 0 Å². The molecule has 0 aliphatic heterocycles. The molecular weight excluding hydrogens is 268 g/mol. The smallest absolute Gasteiger partial charge is 0.254 e. The number of nitrogens with one attached hydrogen (secondary N) is 1. The molecule has 3 aromatic rings. The standard InChI is InChI=1S/C16H16N2OS/c1-2-18(11-14-4-3-9-20-14)16(19)13-5-6-15-12(10-13)7-8-17-15/h3-10,17H,2,11H2,1H3. The number of H-pyrrole nitrogens is 1. The average Bonchev–Trinajstić information content (AvgIpc) is 3.14. The van der Waals surface area contributed by atoms with Gasteiger partial charge in [0.15, 0.2) is 0 Å². The van der Waals surface area contributed by atoms with Crippen molar-refractivity contribution < 1.29 is 4.79 Å². The Kier molecular flexibility index (Phi) is 3.56. The lowest BCUT2D eigenvalue weighted by Gasteiger charge is -2.20. The normalized spacial score (nSPS) is 10.8. The fraction of sp³-hybridized carbons (Fsp3) is 0.188. The van der Waals surface area contributed by atoms with Gasteiger partial charge in [0.2, 0.25) is 0 Å². The number of hydrogen-bond donors (Lipinski definition) is 1. The highest BCUT2D eigenvalue weighted by Crippen LogP contribution is 2.18. The number of nitrogens with zero attached hydrogens (tertiary/aromatic N) is 1. The van der Waals surface area contributed by atoms with Crippen molar-refractivity contribution in [1.29, 1.82) is 0 Å². The summed E-state index contributed by atoms with van der Waals surface area (Å²) in [6, 6.07) is 11.9. The van der Waals surface area contributed by atoms with Crippen molar-refractivity contribution in [1.82, 2.24) is 9.88 Å². The fourth-order valence-corrected chi connectivity index (χ4v) is 3.01. The van der Waals surface area contributed by atoms with E-state index in [0.717, 1.165) is 16.5 Å². The summed E-state index contributed by atoms with van der Waals surface area (Å²) in [7, 11) is 0. The second-order valence-corrected chi connectivity index (χ2v) is 5.71. The summed E-state index contributed by atoms with van der Waals surface area (Å²) in [4.78, 5) is 18.8. The highest BCUT2D eigenvalue weighted by molar-refractivity contribution is 7.09. The lowest BCUT2D eigenvalue weighted by molar-refractivity contribution is 0.0754. The molecule has 0 aliphatic carbocycles. The van der Waals surface area contributed by atoms with Gasteiger partial charge in [0.25, 0.3) is 5.91 Å². The van der Waals surface area contributed by atoms with Crippen molar-refractivity contribution in [2.75, 3.05) is 6.54 Å². The summed E-state index contributed by atoms with van der Waals surface area (Å²) < 4.78 is 0. The highest BCUT2D eigenvalue weighted by Gasteiger charge is 2.15. The van der Waals surface area contributed by atoms with E-state index < -0.39 is 0 Å². The van der Waals surface area contributed by atoms with Crippen LogP contribution in [-0.4, -0.2) is 22.3 Å². The Morgan fingerprint density at radius 3 is 2.95 bits per heavy atom. The van der Waals surface area contributed by atoms with Gasteiger partial charge in [-0.15, -0.1) is 11.3 Å². The number of amides is 1. The first-order valence-electron chi connectivity index (χ1n) is 6.66. The van der Waals surface area contributed by atoms with Gasteiger partial charge in [-0.3, -0.25) is 4.79 Å². The molecule has 1 amide bonds. The van der Waals surface area contributed by atoms with Crippen molar-refractivity contribution in [2.45, 2.75) is 13.5 Å². The first-order valence-corrected chi connectivity index (χ1v) is 7.54. The number of hydrogen-bond acceptors (Lipinski definition) is 2. The van der Waals surface area contributed by atoms with Crippen LogP contribution in [0.25, 0.3) is 10.9 Å². The summed E-state index contributed by atoms with van der Waals surface area (Å²) in [5, 5.41) is 3.11. The van der Waals surface area contributed by atoms with Crippen LogP contribution in [0.1, 0.15) is 22.2 Å². The SMILES string of the molecule is CCN(Cc1cccs1)C(=O)c1ccc2[nH]ccc2c1. The van der Waals surface area contributed by atoms with Gasteiger partial charge >= 0.3 is 0 Å². The minimum absolute atomic E-state index is 0.0870. The molecule has 0 aliphatic rings. The van der Waals surface area contributed by atoms with E-state index >= 15 is 0 Å². The van der Waals surface area contributed by atoms with Gasteiger partial charge in [-0.05, 0) is 42.6 Å². The molecule has 0 saturated carbocycles. The summed E-state index contributed by atoms with van der Waals surface area (Å²) in [6.07, 6.45) is 1.89. The van der Waals surface area contributed by atoms with E-state index in [1.54, 1.807) is 11.3 Å². The Labute approximate surface area is 121 Å². The maximum absolute atomic E-state index is 12.6. The predicted molar refractivity (Wildman–Crippen MR) is 83.0 cm³/mol. The van der Waals surface area contributed by atoms with E-state index in [1.165, 1.54) is 4.88 Å². The van der Waals surface area contributed by atoms with Crippen LogP contribution in [0.15, 0.2) is 48.0 Å². The van der Waals surface area contributed by atoms with E-state index in [9.17, 15) is 4.79 Å². The number of fused-ring (bicyclic) bond motifs is 1. The van der Waals surface area contributed by atoms with Crippen molar-refractivity contribution in [3.63, 3.8) is 0 Å². The van der Waals surface area contributed by atoms with Crippen LogP contribution in [0, 0.1) is 0 Å². The number of benzene rings is 1. The van der Waals surface area contributed by atoms with Crippen LogP contribution in [0.2, 0.25) is 0 Å². The molecule has 0 atom stereocenters. The Morgan fingerprint density at radius 2 is 2.20 bits per heavy atom. The number of thiophene rings is 1. The van der Waals surface area contributed by atoms with Crippen LogP contribution in [-0.2, 0) is 6.54 Å². The van der Waals surface area contributed by atoms with Gasteiger partial charge in [-0.25, -0.2) is 0 Å². The summed E-state index contributed by atoms with van der Waals surface area (Å²) >= 11 is 1.68. The molecule has 3 nitrogen and oxygen atoms in total. The van der Waals surface area contributed by atoms with E-state index in [0.29, 0.717) is 13.1 Å². The summed E-state index contributed by atoms with van der Waals surface area (Å²) in [5.41, 5.74) is 1.80. The second-order valence-electron chi connectivity index (χ2n) is 4.68. The number of rotatable bonds is 4. The van der Waals surface area contributed by atoms with E-state index in [1.807, 2.05) is 53.7 Å². The predicted octanol–water partition coefficient (Wildman–Crippen LogP) is 3.89. The zero-order chi connectivity index (χ0) is 13.9. The monoisotopic (exact) mass is 284 g/mol. The molecule has 4 heteroatoms. The third kappa shape index (κ3) is 2.47. The average molecular weight is 284 g/mol. The Morgan fingerprint density at radius 1 is 1.30 bits per heavy atom. The molecule has 0 spiro atoms. The zero-order valence-electron chi connectivity index (χ0n) is 11.3. The van der Waals surface area contributed by atoms with Crippen LogP contribution in [0.5, 0.6) is 0 Å². The maximum atomic E-state index is 12.6. The molecule has 1 aromatic carbocycles. The van der Waals surface area contributed by atoms with Gasteiger partial charge in [-0.1, -0.05) is 6.07 Å². The lowest BCUT2D eigenvalue weighted by Crippen LogP contribution is -2.29. The van der Waals surface area contributed by atoms with Gasteiger partial charge in [0.1, 0.15) is 0 Å². The van der Waals surface area contributed by atoms with Crippen molar-refractivity contribution in [3.8, 4) is 0 Å². The zero-order valence-corrected chi connectivity index (χ0v) is 12.1. The summed E-state index contributed by atoms with van der Waals surface area (Å²) in [5.74, 6) is 0.0870. The minimum atomic E-state index is 0.0870. The number of carbonyl (C=O) groups excluding carboxylic acids is 1. The van der Waals surface area contributed by atoms with Gasteiger partial charge in [0, 0.05) is 34.1 Å². The molecule has 0 fully saturated rings. The third-order valence-corrected chi connectivity index (χ3v) is 4.26. The number of aromatic nitrogens is 1. The van der Waals surface area contributed by atoms with Gasteiger partial charge in [0.05, 0.1) is 6.54 Å². The first kappa shape index (κ1) is 12.9. The molecule has 2 heterocycles. The Balaban J connectivity index is 1.85. The van der Waals surface area contributed by atoms with Crippen LogP contribution in [0.4, 0.5) is 0 Å². The Bertz CT molecular complexity index is 715. The molecule has 20 heavy (non-hydrogen) atoms. The van der Waals surface area contributed by atoms with Crippen molar-refractivity contribution in [3.05, 3.63) is 58.4 Å². The van der Waals surface area contributed by atoms with Crippen LogP contribution >= 0.6 is 11.3 Å². The molecule has 0 radical (unpaired) electrons. The van der Waals surface area contributed by atoms with Gasteiger partial charge < -0.3 is 9.88 Å². The molecule has 3 rings (SSSR count). The minimum Gasteiger partial charge on any atom is -0.361 e. The number of carbonyl (C=O) groups is 1. The third-order valence-electron chi connectivity index (χ3n) is 3.40. The molecule has 0 unspecified atom stereocenters. The molecule has 2 aromatic heterocycles. The molecule has 0 bridgehead atoms. The fourth-order valence-electron chi connectivity index (χ4n) is 2.29. The van der Waals surface area contributed by atoms with Crippen LogP contribution in [0.3, 0.4) is 0 Å². The van der Waals surface area contributed by atoms with E-state index in [-0.39, 0.29) is 5.91 Å². The van der Waals surface area contributed by atoms with Crippen molar-refractivity contribution >= 4 is 28.1 Å².